The zero-order valence-corrected chi connectivity index (χ0v) is 28.8. The lowest BCUT2D eigenvalue weighted by Gasteiger charge is -2.27. The minimum absolute atomic E-state index is 0.876. The molecule has 0 fully saturated rings. The molecule has 52 heavy (non-hydrogen) atoms. The molecule has 244 valence electrons. The van der Waals surface area contributed by atoms with Gasteiger partial charge in [-0.1, -0.05) is 109 Å². The van der Waals surface area contributed by atoms with Gasteiger partial charge in [0.05, 0.1) is 22.1 Å². The number of hydrogen-bond donors (Lipinski definition) is 0. The zero-order chi connectivity index (χ0) is 34.2. The number of para-hydroxylation sites is 3. The zero-order valence-electron chi connectivity index (χ0n) is 28.0. The van der Waals surface area contributed by atoms with Crippen molar-refractivity contribution < 1.29 is 4.42 Å². The van der Waals surface area contributed by atoms with E-state index in [1.807, 2.05) is 11.3 Å². The Bertz CT molecular complexity index is 3130. The third-order valence-corrected chi connectivity index (χ3v) is 11.5. The number of benzene rings is 8. The second-order valence-corrected chi connectivity index (χ2v) is 14.4. The van der Waals surface area contributed by atoms with Crippen LogP contribution in [-0.4, -0.2) is 4.57 Å². The molecule has 0 unspecified atom stereocenters. The van der Waals surface area contributed by atoms with Gasteiger partial charge in [-0.3, -0.25) is 0 Å². The van der Waals surface area contributed by atoms with Crippen molar-refractivity contribution in [2.24, 2.45) is 0 Å². The summed E-state index contributed by atoms with van der Waals surface area (Å²) < 4.78 is 11.7. The maximum absolute atomic E-state index is 6.77. The normalized spacial score (nSPS) is 11.8. The SMILES string of the molecule is c1ccc(-c2ccc(N(c3ccc4sc5ccccc5c4c3)c3ccc4c5ccccc5n(-c5ccccc5)c4c3)c3c2oc2ccccc23)cc1. The van der Waals surface area contributed by atoms with Crippen LogP contribution >= 0.6 is 11.3 Å². The molecule has 8 aromatic carbocycles. The first-order chi connectivity index (χ1) is 25.8. The van der Waals surface area contributed by atoms with E-state index in [0.29, 0.717) is 0 Å². The van der Waals surface area contributed by atoms with E-state index < -0.39 is 0 Å². The summed E-state index contributed by atoms with van der Waals surface area (Å²) in [5.41, 5.74) is 10.7. The Balaban J connectivity index is 1.24. The lowest BCUT2D eigenvalue weighted by molar-refractivity contribution is 0.670. The molecule has 0 aliphatic carbocycles. The summed E-state index contributed by atoms with van der Waals surface area (Å²) in [6.07, 6.45) is 0. The average Bonchev–Trinajstić information content (AvgIpc) is 3.88. The molecular formula is C48H30N2OS. The van der Waals surface area contributed by atoms with Crippen molar-refractivity contribution in [3.8, 4) is 16.8 Å². The van der Waals surface area contributed by atoms with E-state index in [-0.39, 0.29) is 0 Å². The Kier molecular flexibility index (Phi) is 6.42. The first-order valence-electron chi connectivity index (χ1n) is 17.6. The first kappa shape index (κ1) is 29.1. The largest absolute Gasteiger partial charge is 0.455 e. The molecule has 11 aromatic rings. The van der Waals surface area contributed by atoms with Crippen LogP contribution in [0.1, 0.15) is 0 Å². The Morgan fingerprint density at radius 1 is 0.462 bits per heavy atom. The molecule has 3 heterocycles. The summed E-state index contributed by atoms with van der Waals surface area (Å²) in [5, 5.41) is 7.19. The average molecular weight is 683 g/mol. The second-order valence-electron chi connectivity index (χ2n) is 13.3. The second kappa shape index (κ2) is 11.5. The van der Waals surface area contributed by atoms with Gasteiger partial charge >= 0.3 is 0 Å². The van der Waals surface area contributed by atoms with Crippen molar-refractivity contribution in [3.05, 3.63) is 182 Å². The van der Waals surface area contributed by atoms with Gasteiger partial charge in [0.1, 0.15) is 11.2 Å². The third kappa shape index (κ3) is 4.38. The van der Waals surface area contributed by atoms with Gasteiger partial charge in [-0.25, -0.2) is 0 Å². The highest BCUT2D eigenvalue weighted by Crippen LogP contribution is 2.48. The molecule has 0 saturated heterocycles. The Labute approximate surface area is 303 Å². The highest BCUT2D eigenvalue weighted by atomic mass is 32.1. The fourth-order valence-electron chi connectivity index (χ4n) is 8.08. The smallest absolute Gasteiger partial charge is 0.145 e. The van der Waals surface area contributed by atoms with Crippen molar-refractivity contribution in [3.63, 3.8) is 0 Å². The number of hydrogen-bond acceptors (Lipinski definition) is 3. The van der Waals surface area contributed by atoms with Gasteiger partial charge in [-0.05, 0) is 78.4 Å². The van der Waals surface area contributed by atoms with Gasteiger partial charge in [0.2, 0.25) is 0 Å². The fraction of sp³-hybridized carbons (Fsp3) is 0. The molecule has 0 bridgehead atoms. The Hall–Kier alpha value is -6.62. The lowest BCUT2D eigenvalue weighted by Crippen LogP contribution is -2.10. The predicted octanol–water partition coefficient (Wildman–Crippen LogP) is 14.2. The van der Waals surface area contributed by atoms with Crippen LogP contribution in [-0.2, 0) is 0 Å². The van der Waals surface area contributed by atoms with Gasteiger partial charge in [0.15, 0.2) is 0 Å². The number of aromatic nitrogens is 1. The molecule has 0 spiro atoms. The van der Waals surface area contributed by atoms with Crippen LogP contribution < -0.4 is 4.90 Å². The fourth-order valence-corrected chi connectivity index (χ4v) is 9.16. The van der Waals surface area contributed by atoms with Crippen LogP contribution in [0.3, 0.4) is 0 Å². The molecule has 0 N–H and O–H groups in total. The number of thiophene rings is 1. The van der Waals surface area contributed by atoms with Crippen molar-refractivity contribution in [2.45, 2.75) is 0 Å². The van der Waals surface area contributed by atoms with Gasteiger partial charge < -0.3 is 13.9 Å². The van der Waals surface area contributed by atoms with Gasteiger partial charge in [0, 0.05) is 59.0 Å². The molecule has 11 rings (SSSR count). The summed E-state index contributed by atoms with van der Waals surface area (Å²) in [4.78, 5) is 2.43. The van der Waals surface area contributed by atoms with Crippen LogP contribution in [0.15, 0.2) is 186 Å². The van der Waals surface area contributed by atoms with Crippen LogP contribution in [0.5, 0.6) is 0 Å². The van der Waals surface area contributed by atoms with Crippen LogP contribution in [0.2, 0.25) is 0 Å². The maximum atomic E-state index is 6.77. The highest BCUT2D eigenvalue weighted by Gasteiger charge is 2.24. The van der Waals surface area contributed by atoms with E-state index in [0.717, 1.165) is 61.3 Å². The lowest BCUT2D eigenvalue weighted by atomic mass is 9.99. The number of rotatable bonds is 5. The molecule has 3 aromatic heterocycles. The predicted molar refractivity (Wildman–Crippen MR) is 221 cm³/mol. The maximum Gasteiger partial charge on any atom is 0.145 e. The minimum Gasteiger partial charge on any atom is -0.455 e. The molecule has 0 aliphatic heterocycles. The van der Waals surface area contributed by atoms with Crippen LogP contribution in [0.4, 0.5) is 17.1 Å². The highest BCUT2D eigenvalue weighted by molar-refractivity contribution is 7.25. The molecular weight excluding hydrogens is 653 g/mol. The number of anilines is 3. The van der Waals surface area contributed by atoms with E-state index in [4.69, 9.17) is 4.42 Å². The van der Waals surface area contributed by atoms with E-state index in [1.54, 1.807) is 0 Å². The number of furan rings is 1. The van der Waals surface area contributed by atoms with Crippen LogP contribution in [0, 0.1) is 0 Å². The first-order valence-corrected chi connectivity index (χ1v) is 18.4. The van der Waals surface area contributed by atoms with E-state index in [2.05, 4.69) is 191 Å². The molecule has 0 amide bonds. The molecule has 0 aliphatic rings. The summed E-state index contributed by atoms with van der Waals surface area (Å²) in [7, 11) is 0. The van der Waals surface area contributed by atoms with Gasteiger partial charge in [0.25, 0.3) is 0 Å². The van der Waals surface area contributed by atoms with Gasteiger partial charge in [-0.2, -0.15) is 0 Å². The van der Waals surface area contributed by atoms with Crippen molar-refractivity contribution in [1.29, 1.82) is 0 Å². The van der Waals surface area contributed by atoms with Crippen molar-refractivity contribution in [1.82, 2.24) is 4.57 Å². The summed E-state index contributed by atoms with van der Waals surface area (Å²) in [6.45, 7) is 0. The molecule has 0 radical (unpaired) electrons. The monoisotopic (exact) mass is 682 g/mol. The summed E-state index contributed by atoms with van der Waals surface area (Å²) in [6, 6.07) is 65.4. The van der Waals surface area contributed by atoms with Gasteiger partial charge in [-0.15, -0.1) is 11.3 Å². The van der Waals surface area contributed by atoms with E-state index >= 15 is 0 Å². The molecule has 3 nitrogen and oxygen atoms in total. The van der Waals surface area contributed by atoms with E-state index in [9.17, 15) is 0 Å². The van der Waals surface area contributed by atoms with Crippen molar-refractivity contribution >= 4 is 92.3 Å². The molecule has 4 heteroatoms. The van der Waals surface area contributed by atoms with Crippen LogP contribution in [0.25, 0.3) is 80.7 Å². The minimum atomic E-state index is 0.876. The number of nitrogens with zero attached hydrogens (tertiary/aromatic N) is 2. The number of fused-ring (bicyclic) bond motifs is 9. The van der Waals surface area contributed by atoms with Crippen molar-refractivity contribution in [2.75, 3.05) is 4.90 Å². The topological polar surface area (TPSA) is 21.3 Å². The third-order valence-electron chi connectivity index (χ3n) is 10.4. The standard InChI is InChI=1S/C48H30N2OS/c1-3-13-31(14-4-1)35-26-27-42(47-39-19-8-11-21-44(39)51-48(35)47)49(33-24-28-46-40(29-33)38-18-9-12-22-45(38)52-46)34-23-25-37-36-17-7-10-20-41(36)50(43(37)30-34)32-15-5-2-6-16-32/h1-30H. The summed E-state index contributed by atoms with van der Waals surface area (Å²) in [5.74, 6) is 0. The molecule has 0 saturated carbocycles. The van der Waals surface area contributed by atoms with E-state index in [1.165, 1.54) is 36.5 Å². The quantitative estimate of drug-likeness (QED) is 0.180. The Morgan fingerprint density at radius 3 is 1.98 bits per heavy atom. The summed E-state index contributed by atoms with van der Waals surface area (Å²) >= 11 is 1.85. The Morgan fingerprint density at radius 2 is 1.12 bits per heavy atom. The molecule has 0 atom stereocenters.